The number of carbonyl (C=O) groups is 5. The summed E-state index contributed by atoms with van der Waals surface area (Å²) >= 11 is 0. The number of Topliss-reactive ketones (excluding diaryl/α,β-unsaturated/α-hetero) is 1. The average molecular weight is 528 g/mol. The highest BCUT2D eigenvalue weighted by atomic mass is 19.1. The zero-order valence-electron chi connectivity index (χ0n) is 20.3. The van der Waals surface area contributed by atoms with E-state index >= 15 is 0 Å². The molecule has 0 radical (unpaired) electrons. The molecule has 1 fully saturated rings. The number of ether oxygens (including phenoxy) is 3. The van der Waals surface area contributed by atoms with Crippen LogP contribution in [0.4, 0.5) is 4.39 Å². The van der Waals surface area contributed by atoms with Gasteiger partial charge in [0.1, 0.15) is 23.9 Å². The number of hydroxylamine groups is 2. The molecular formula is C26H25FN2O9. The van der Waals surface area contributed by atoms with Gasteiger partial charge in [-0.3, -0.25) is 19.2 Å². The van der Waals surface area contributed by atoms with Crippen LogP contribution in [-0.4, -0.2) is 67.5 Å². The van der Waals surface area contributed by atoms with Gasteiger partial charge in [-0.05, 0) is 29.8 Å². The van der Waals surface area contributed by atoms with E-state index in [9.17, 15) is 28.4 Å². The third kappa shape index (κ3) is 6.71. The van der Waals surface area contributed by atoms with Crippen LogP contribution in [0.1, 0.15) is 41.1 Å². The molecule has 2 heterocycles. The van der Waals surface area contributed by atoms with E-state index < -0.39 is 29.6 Å². The van der Waals surface area contributed by atoms with E-state index in [1.165, 1.54) is 18.2 Å². The molecule has 1 atom stereocenters. The Morgan fingerprint density at radius 1 is 1.03 bits per heavy atom. The van der Waals surface area contributed by atoms with Crippen molar-refractivity contribution >= 4 is 29.5 Å². The fourth-order valence-electron chi connectivity index (χ4n) is 3.82. The van der Waals surface area contributed by atoms with E-state index in [1.54, 1.807) is 24.3 Å². The molecule has 11 nitrogen and oxygen atoms in total. The minimum absolute atomic E-state index is 0.0166. The predicted molar refractivity (Wildman–Crippen MR) is 127 cm³/mol. The molecule has 0 aromatic heterocycles. The Kier molecular flexibility index (Phi) is 8.64. The first-order valence-corrected chi connectivity index (χ1v) is 11.9. The molecule has 0 saturated carbocycles. The summed E-state index contributed by atoms with van der Waals surface area (Å²) in [5.74, 6) is -2.67. The van der Waals surface area contributed by atoms with Gasteiger partial charge in [-0.1, -0.05) is 12.1 Å². The molecule has 4 rings (SSSR count). The summed E-state index contributed by atoms with van der Waals surface area (Å²) in [6.07, 6.45) is -0.127. The van der Waals surface area contributed by atoms with Crippen LogP contribution in [0, 0.1) is 5.82 Å². The number of nitrogens with zero attached hydrogens (tertiary/aromatic N) is 1. The Labute approximate surface area is 216 Å². The van der Waals surface area contributed by atoms with Crippen molar-refractivity contribution < 1.29 is 47.4 Å². The second kappa shape index (κ2) is 12.3. The Balaban J connectivity index is 1.13. The lowest BCUT2D eigenvalue weighted by Gasteiger charge is -2.24. The fourth-order valence-corrected chi connectivity index (χ4v) is 3.82. The van der Waals surface area contributed by atoms with Crippen LogP contribution in [0.2, 0.25) is 0 Å². The van der Waals surface area contributed by atoms with Crippen LogP contribution in [0.15, 0.2) is 42.5 Å². The van der Waals surface area contributed by atoms with Gasteiger partial charge in [0, 0.05) is 25.5 Å². The summed E-state index contributed by atoms with van der Waals surface area (Å²) < 4.78 is 29.6. The molecule has 2 aromatic rings. The third-order valence-corrected chi connectivity index (χ3v) is 5.80. The summed E-state index contributed by atoms with van der Waals surface area (Å²) in [5.41, 5.74) is 1.04. The normalized spacial score (nSPS) is 16.6. The third-order valence-electron chi connectivity index (χ3n) is 5.80. The predicted octanol–water partition coefficient (Wildman–Crippen LogP) is 1.69. The van der Waals surface area contributed by atoms with Gasteiger partial charge in [0.15, 0.2) is 12.4 Å². The summed E-state index contributed by atoms with van der Waals surface area (Å²) in [6.45, 7) is 0.0810. The fraction of sp³-hybridized carbons (Fsp3) is 0.346. The van der Waals surface area contributed by atoms with Crippen LogP contribution < -0.4 is 14.8 Å². The van der Waals surface area contributed by atoms with Gasteiger partial charge >= 0.3 is 5.97 Å². The molecule has 12 heteroatoms. The van der Waals surface area contributed by atoms with Gasteiger partial charge in [0.05, 0.1) is 31.1 Å². The number of nitrogens with one attached hydrogen (secondary N) is 1. The van der Waals surface area contributed by atoms with Crippen molar-refractivity contribution in [3.8, 4) is 11.5 Å². The lowest BCUT2D eigenvalue weighted by Crippen LogP contribution is -2.33. The van der Waals surface area contributed by atoms with Crippen LogP contribution in [0.5, 0.6) is 11.5 Å². The average Bonchev–Trinajstić information content (AvgIpc) is 3.22. The largest absolute Gasteiger partial charge is 0.492 e. The minimum Gasteiger partial charge on any atom is -0.492 e. The molecule has 0 spiro atoms. The Bertz CT molecular complexity index is 1220. The molecule has 1 saturated heterocycles. The van der Waals surface area contributed by atoms with E-state index in [0.29, 0.717) is 27.7 Å². The minimum atomic E-state index is -0.771. The molecule has 3 amide bonds. The first-order valence-electron chi connectivity index (χ1n) is 11.9. The zero-order chi connectivity index (χ0) is 27.1. The van der Waals surface area contributed by atoms with Gasteiger partial charge in [-0.15, -0.1) is 5.06 Å². The lowest BCUT2D eigenvalue weighted by molar-refractivity contribution is -0.198. The summed E-state index contributed by atoms with van der Waals surface area (Å²) in [7, 11) is 0. The van der Waals surface area contributed by atoms with Crippen LogP contribution in [-0.2, 0) is 28.8 Å². The molecular weight excluding hydrogens is 503 g/mol. The monoisotopic (exact) mass is 528 g/mol. The molecule has 2 aromatic carbocycles. The van der Waals surface area contributed by atoms with E-state index in [-0.39, 0.29) is 63.8 Å². The standard InChI is InChI=1S/C26H25FN2O9/c27-17-3-1-16(2-4-17)20-14-37-21-13-18(5-6-19(21)26(20)34)36-15-22(30)28-10-12-35-11-9-25(33)38-29-23(31)7-8-24(29)32/h1-6,13,20H,7-12,14-15H2,(H,28,30). The molecule has 200 valence electrons. The Hall–Kier alpha value is -4.32. The molecule has 38 heavy (non-hydrogen) atoms. The van der Waals surface area contributed by atoms with Crippen LogP contribution in [0.25, 0.3) is 0 Å². The van der Waals surface area contributed by atoms with E-state index in [1.807, 2.05) is 0 Å². The molecule has 2 aliphatic rings. The Morgan fingerprint density at radius 3 is 2.50 bits per heavy atom. The van der Waals surface area contributed by atoms with E-state index in [0.717, 1.165) is 0 Å². The molecule has 0 aliphatic carbocycles. The van der Waals surface area contributed by atoms with E-state index in [4.69, 9.17) is 19.0 Å². The number of fused-ring (bicyclic) bond motifs is 1. The van der Waals surface area contributed by atoms with Crippen molar-refractivity contribution in [2.24, 2.45) is 0 Å². The van der Waals surface area contributed by atoms with Crippen molar-refractivity contribution in [2.45, 2.75) is 25.2 Å². The Morgan fingerprint density at radius 2 is 1.76 bits per heavy atom. The number of ketones is 1. The lowest BCUT2D eigenvalue weighted by atomic mass is 9.89. The van der Waals surface area contributed by atoms with Crippen LogP contribution in [0.3, 0.4) is 0 Å². The zero-order valence-corrected chi connectivity index (χ0v) is 20.3. The number of amides is 3. The number of hydrogen-bond donors (Lipinski definition) is 1. The van der Waals surface area contributed by atoms with Crippen molar-refractivity contribution in [1.29, 1.82) is 0 Å². The maximum absolute atomic E-state index is 13.2. The smallest absolute Gasteiger partial charge is 0.335 e. The SMILES string of the molecule is O=C(COc1ccc2c(c1)OCC(c1ccc(F)cc1)C2=O)NCCOCCC(=O)ON1C(=O)CCC1=O. The highest BCUT2D eigenvalue weighted by Gasteiger charge is 2.33. The molecule has 2 aliphatic heterocycles. The second-order valence-electron chi connectivity index (χ2n) is 8.48. The summed E-state index contributed by atoms with van der Waals surface area (Å²) in [5, 5.41) is 3.07. The van der Waals surface area contributed by atoms with Gasteiger partial charge in [0.2, 0.25) is 0 Å². The summed E-state index contributed by atoms with van der Waals surface area (Å²) in [6, 6.07) is 10.4. The first kappa shape index (κ1) is 26.7. The number of imide groups is 1. The molecule has 0 bridgehead atoms. The van der Waals surface area contributed by atoms with Gasteiger partial charge in [-0.2, -0.15) is 0 Å². The number of benzene rings is 2. The molecule has 1 N–H and O–H groups in total. The van der Waals surface area contributed by atoms with Gasteiger partial charge in [0.25, 0.3) is 17.7 Å². The van der Waals surface area contributed by atoms with Crippen LogP contribution >= 0.6 is 0 Å². The summed E-state index contributed by atoms with van der Waals surface area (Å²) in [4.78, 5) is 64.1. The molecule has 1 unspecified atom stereocenters. The maximum Gasteiger partial charge on any atom is 0.335 e. The highest BCUT2D eigenvalue weighted by Crippen LogP contribution is 2.35. The number of halogens is 1. The number of hydrogen-bond acceptors (Lipinski definition) is 9. The number of rotatable bonds is 11. The van der Waals surface area contributed by atoms with Crippen molar-refractivity contribution in [1.82, 2.24) is 10.4 Å². The second-order valence-corrected chi connectivity index (χ2v) is 8.48. The van der Waals surface area contributed by atoms with Crippen molar-refractivity contribution in [3.05, 3.63) is 59.4 Å². The topological polar surface area (TPSA) is 138 Å². The van der Waals surface area contributed by atoms with E-state index in [2.05, 4.69) is 5.32 Å². The van der Waals surface area contributed by atoms with Gasteiger partial charge in [-0.25, -0.2) is 9.18 Å². The van der Waals surface area contributed by atoms with Crippen molar-refractivity contribution in [3.63, 3.8) is 0 Å². The first-order chi connectivity index (χ1) is 18.3. The maximum atomic E-state index is 13.2. The quantitative estimate of drug-likeness (QED) is 0.341. The highest BCUT2D eigenvalue weighted by molar-refractivity contribution is 6.04. The number of carbonyl (C=O) groups excluding carboxylic acids is 5. The van der Waals surface area contributed by atoms with Crippen molar-refractivity contribution in [2.75, 3.05) is 33.0 Å². The van der Waals surface area contributed by atoms with Gasteiger partial charge < -0.3 is 24.4 Å².